The first-order valence-electron chi connectivity index (χ1n) is 5.79. The summed E-state index contributed by atoms with van der Waals surface area (Å²) in [4.78, 5) is 11.6. The van der Waals surface area contributed by atoms with Crippen molar-refractivity contribution in [3.05, 3.63) is 28.8 Å². The molecule has 0 N–H and O–H groups in total. The molecule has 0 spiro atoms. The Morgan fingerprint density at radius 2 is 1.94 bits per heavy atom. The molecule has 0 saturated carbocycles. The van der Waals surface area contributed by atoms with Crippen molar-refractivity contribution < 1.29 is 9.53 Å². The van der Waals surface area contributed by atoms with Crippen molar-refractivity contribution in [1.82, 2.24) is 0 Å². The van der Waals surface area contributed by atoms with Crippen molar-refractivity contribution in [2.75, 3.05) is 12.5 Å². The summed E-state index contributed by atoms with van der Waals surface area (Å²) in [6, 6.07) is 3.77. The van der Waals surface area contributed by atoms with Crippen LogP contribution in [0.25, 0.3) is 0 Å². The van der Waals surface area contributed by atoms with E-state index in [-0.39, 0.29) is 11.7 Å². The number of Topliss-reactive ketones (excluding diaryl/α,β-unsaturated/α-hetero) is 1. The molecule has 0 unspecified atom stereocenters. The van der Waals surface area contributed by atoms with Crippen LogP contribution in [0.1, 0.15) is 35.3 Å². The molecule has 0 aliphatic carbocycles. The SMILES string of the molecule is Cc1cc(C(=O)CCl)c(C)cc1OCC(C)C. The number of rotatable bonds is 5. The topological polar surface area (TPSA) is 26.3 Å². The number of benzene rings is 1. The molecule has 0 radical (unpaired) electrons. The van der Waals surface area contributed by atoms with Crippen LogP contribution < -0.4 is 4.74 Å². The molecule has 0 heterocycles. The van der Waals surface area contributed by atoms with Gasteiger partial charge >= 0.3 is 0 Å². The number of halogens is 1. The van der Waals surface area contributed by atoms with Gasteiger partial charge in [0.15, 0.2) is 5.78 Å². The second-order valence-electron chi connectivity index (χ2n) is 4.69. The van der Waals surface area contributed by atoms with Crippen molar-refractivity contribution in [3.63, 3.8) is 0 Å². The van der Waals surface area contributed by atoms with E-state index < -0.39 is 0 Å². The first kappa shape index (κ1) is 14.0. The minimum atomic E-state index is -0.0392. The van der Waals surface area contributed by atoms with Gasteiger partial charge in [-0.05, 0) is 43.0 Å². The minimum Gasteiger partial charge on any atom is -0.493 e. The summed E-state index contributed by atoms with van der Waals surface area (Å²) in [5, 5.41) is 0. The Labute approximate surface area is 108 Å². The molecule has 17 heavy (non-hydrogen) atoms. The van der Waals surface area contributed by atoms with Crippen LogP contribution in [0, 0.1) is 19.8 Å². The third-order valence-electron chi connectivity index (χ3n) is 2.52. The van der Waals surface area contributed by atoms with Gasteiger partial charge in [-0.3, -0.25) is 4.79 Å². The molecule has 0 aliphatic heterocycles. The van der Waals surface area contributed by atoms with Crippen LogP contribution in [-0.2, 0) is 0 Å². The van der Waals surface area contributed by atoms with Crippen LogP contribution in [0.5, 0.6) is 5.75 Å². The Morgan fingerprint density at radius 1 is 1.29 bits per heavy atom. The number of ether oxygens (including phenoxy) is 1. The molecule has 0 saturated heterocycles. The van der Waals surface area contributed by atoms with Crippen molar-refractivity contribution in [2.45, 2.75) is 27.7 Å². The van der Waals surface area contributed by atoms with Gasteiger partial charge in [0.1, 0.15) is 5.75 Å². The van der Waals surface area contributed by atoms with Gasteiger partial charge in [-0.15, -0.1) is 11.6 Å². The maximum Gasteiger partial charge on any atom is 0.177 e. The zero-order valence-corrected chi connectivity index (χ0v) is 11.6. The number of ketones is 1. The lowest BCUT2D eigenvalue weighted by molar-refractivity contribution is 0.102. The highest BCUT2D eigenvalue weighted by atomic mass is 35.5. The highest BCUT2D eigenvalue weighted by Crippen LogP contribution is 2.24. The molecule has 3 heteroatoms. The number of carbonyl (C=O) groups is 1. The standard InChI is InChI=1S/C14H19ClO2/c1-9(2)8-17-14-6-10(3)12(5-11(14)4)13(16)7-15/h5-6,9H,7-8H2,1-4H3. The second kappa shape index (κ2) is 6.06. The normalized spacial score (nSPS) is 10.7. The Hall–Kier alpha value is -1.02. The van der Waals surface area contributed by atoms with Gasteiger partial charge < -0.3 is 4.74 Å². The Morgan fingerprint density at radius 3 is 2.47 bits per heavy atom. The number of hydrogen-bond donors (Lipinski definition) is 0. The number of carbonyl (C=O) groups excluding carboxylic acids is 1. The Kier molecular flexibility index (Phi) is 5.01. The molecule has 1 aromatic rings. The van der Waals surface area contributed by atoms with E-state index in [9.17, 15) is 4.79 Å². The summed E-state index contributed by atoms with van der Waals surface area (Å²) in [5.41, 5.74) is 2.58. The van der Waals surface area contributed by atoms with Crippen LogP contribution in [0.2, 0.25) is 0 Å². The monoisotopic (exact) mass is 254 g/mol. The molecule has 1 rings (SSSR count). The number of hydrogen-bond acceptors (Lipinski definition) is 2. The van der Waals surface area contributed by atoms with Gasteiger partial charge in [-0.2, -0.15) is 0 Å². The summed E-state index contributed by atoms with van der Waals surface area (Å²) < 4.78 is 5.70. The molecular formula is C14H19ClO2. The van der Waals surface area contributed by atoms with E-state index in [4.69, 9.17) is 16.3 Å². The maximum absolute atomic E-state index is 11.6. The Balaban J connectivity index is 2.97. The van der Waals surface area contributed by atoms with Gasteiger partial charge in [0, 0.05) is 5.56 Å². The summed E-state index contributed by atoms with van der Waals surface area (Å²) in [5.74, 6) is 1.32. The van der Waals surface area contributed by atoms with E-state index in [1.54, 1.807) is 0 Å². The molecule has 94 valence electrons. The summed E-state index contributed by atoms with van der Waals surface area (Å²) in [7, 11) is 0. The fourth-order valence-electron chi connectivity index (χ4n) is 1.57. The summed E-state index contributed by atoms with van der Waals surface area (Å²) in [6.45, 7) is 8.74. The lowest BCUT2D eigenvalue weighted by Gasteiger charge is -2.13. The van der Waals surface area contributed by atoms with Crippen LogP contribution >= 0.6 is 11.6 Å². The average Bonchev–Trinajstić information content (AvgIpc) is 2.28. The quantitative estimate of drug-likeness (QED) is 0.591. The summed E-state index contributed by atoms with van der Waals surface area (Å²) in [6.07, 6.45) is 0. The predicted molar refractivity (Wildman–Crippen MR) is 71.3 cm³/mol. The van der Waals surface area contributed by atoms with E-state index >= 15 is 0 Å². The fraction of sp³-hybridized carbons (Fsp3) is 0.500. The number of aryl methyl sites for hydroxylation is 2. The van der Waals surface area contributed by atoms with Crippen molar-refractivity contribution in [1.29, 1.82) is 0 Å². The van der Waals surface area contributed by atoms with Gasteiger partial charge in [0.05, 0.1) is 12.5 Å². The van der Waals surface area contributed by atoms with Gasteiger partial charge in [-0.25, -0.2) is 0 Å². The Bertz CT molecular complexity index is 411. The fourth-order valence-corrected chi connectivity index (χ4v) is 1.72. The molecular weight excluding hydrogens is 236 g/mol. The van der Waals surface area contributed by atoms with Crippen molar-refractivity contribution >= 4 is 17.4 Å². The predicted octanol–water partition coefficient (Wildman–Crippen LogP) is 3.76. The zero-order valence-electron chi connectivity index (χ0n) is 10.8. The molecule has 1 aromatic carbocycles. The van der Waals surface area contributed by atoms with Crippen molar-refractivity contribution in [2.24, 2.45) is 5.92 Å². The highest BCUT2D eigenvalue weighted by Gasteiger charge is 2.11. The minimum absolute atomic E-state index is 0.0203. The lowest BCUT2D eigenvalue weighted by Crippen LogP contribution is -2.08. The van der Waals surface area contributed by atoms with Crippen LogP contribution in [-0.4, -0.2) is 18.3 Å². The van der Waals surface area contributed by atoms with Crippen LogP contribution in [0.3, 0.4) is 0 Å². The third kappa shape index (κ3) is 3.74. The molecule has 0 amide bonds. The largest absolute Gasteiger partial charge is 0.493 e. The molecule has 0 bridgehead atoms. The van der Waals surface area contributed by atoms with E-state index in [2.05, 4.69) is 13.8 Å². The molecule has 0 atom stereocenters. The lowest BCUT2D eigenvalue weighted by atomic mass is 10.0. The number of alkyl halides is 1. The first-order valence-corrected chi connectivity index (χ1v) is 6.32. The maximum atomic E-state index is 11.6. The van der Waals surface area contributed by atoms with E-state index in [1.807, 2.05) is 26.0 Å². The average molecular weight is 255 g/mol. The zero-order chi connectivity index (χ0) is 13.0. The molecule has 0 aromatic heterocycles. The highest BCUT2D eigenvalue weighted by molar-refractivity contribution is 6.30. The van der Waals surface area contributed by atoms with Gasteiger partial charge in [0.25, 0.3) is 0 Å². The molecule has 0 fully saturated rings. The first-order chi connectivity index (χ1) is 7.95. The van der Waals surface area contributed by atoms with E-state index in [0.717, 1.165) is 16.9 Å². The summed E-state index contributed by atoms with van der Waals surface area (Å²) >= 11 is 5.57. The van der Waals surface area contributed by atoms with Crippen LogP contribution in [0.4, 0.5) is 0 Å². The van der Waals surface area contributed by atoms with Gasteiger partial charge in [0.2, 0.25) is 0 Å². The molecule has 0 aliphatic rings. The van der Waals surface area contributed by atoms with E-state index in [0.29, 0.717) is 18.1 Å². The van der Waals surface area contributed by atoms with E-state index in [1.165, 1.54) is 0 Å². The van der Waals surface area contributed by atoms with Crippen LogP contribution in [0.15, 0.2) is 12.1 Å². The van der Waals surface area contributed by atoms with Crippen molar-refractivity contribution in [3.8, 4) is 5.75 Å². The van der Waals surface area contributed by atoms with Gasteiger partial charge in [-0.1, -0.05) is 13.8 Å². The second-order valence-corrected chi connectivity index (χ2v) is 4.96. The third-order valence-corrected chi connectivity index (χ3v) is 2.76. The smallest absolute Gasteiger partial charge is 0.177 e. The molecule has 2 nitrogen and oxygen atoms in total.